The Kier molecular flexibility index (Phi) is 6.25. The zero-order valence-electron chi connectivity index (χ0n) is 15.0. The normalized spacial score (nSPS) is 11.4. The lowest BCUT2D eigenvalue weighted by atomic mass is 10.2. The Morgan fingerprint density at radius 3 is 2.41 bits per heavy atom. The minimum atomic E-state index is -4.20. The Bertz CT molecular complexity index is 1090. The Morgan fingerprint density at radius 1 is 1.07 bits per heavy atom. The predicted octanol–water partition coefficient (Wildman–Crippen LogP) is 1.78. The highest BCUT2D eigenvalue weighted by molar-refractivity contribution is 7.91. The van der Waals surface area contributed by atoms with Crippen LogP contribution < -0.4 is 9.64 Å². The number of carbonyl (C=O) groups excluding carboxylic acids is 1. The van der Waals surface area contributed by atoms with Gasteiger partial charge in [0, 0.05) is 6.08 Å². The molecule has 1 heterocycles. The van der Waals surface area contributed by atoms with Crippen LogP contribution in [0.2, 0.25) is 0 Å². The monoisotopic (exact) mass is 416 g/mol. The van der Waals surface area contributed by atoms with E-state index in [-0.39, 0.29) is 23.0 Å². The first-order chi connectivity index (χ1) is 14.0. The fraction of sp³-hybridized carbons (Fsp3) is 0.105. The maximum Gasteiger partial charge on any atom is 0.415 e. The van der Waals surface area contributed by atoms with Gasteiger partial charge < -0.3 is 14.7 Å². The molecule has 0 saturated carbocycles. The fourth-order valence-electron chi connectivity index (χ4n) is 2.30. The number of rotatable bonds is 8. The molecule has 10 heteroatoms. The van der Waals surface area contributed by atoms with E-state index in [1.54, 1.807) is 12.1 Å². The lowest BCUT2D eigenvalue weighted by molar-refractivity contribution is -0.832. The quantitative estimate of drug-likeness (QED) is 0.236. The molecule has 0 amide bonds. The van der Waals surface area contributed by atoms with E-state index < -0.39 is 26.7 Å². The minimum absolute atomic E-state index is 0.116. The van der Waals surface area contributed by atoms with E-state index >= 15 is 0 Å². The van der Waals surface area contributed by atoms with Crippen LogP contribution in [0.4, 0.5) is 0 Å². The summed E-state index contributed by atoms with van der Waals surface area (Å²) in [5.74, 6) is -1.12. The Balaban J connectivity index is 1.58. The summed E-state index contributed by atoms with van der Waals surface area (Å²) in [6.07, 6.45) is 2.84. The van der Waals surface area contributed by atoms with Crippen LogP contribution in [0.3, 0.4) is 0 Å². The third kappa shape index (κ3) is 4.99. The number of esters is 1. The smallest absolute Gasteiger partial charge is 0.415 e. The Labute approximate surface area is 166 Å². The third-order valence-corrected chi connectivity index (χ3v) is 5.36. The maximum absolute atomic E-state index is 12.6. The van der Waals surface area contributed by atoms with Gasteiger partial charge in [-0.2, -0.15) is 0 Å². The Hall–Kier alpha value is -3.66. The average molecular weight is 416 g/mol. The van der Waals surface area contributed by atoms with Crippen LogP contribution in [0.15, 0.2) is 81.3 Å². The van der Waals surface area contributed by atoms with Crippen molar-refractivity contribution in [3.63, 3.8) is 0 Å². The van der Waals surface area contributed by atoms with Gasteiger partial charge in [-0.05, 0) is 28.7 Å². The topological polar surface area (TPSA) is 123 Å². The molecule has 1 aromatic heterocycles. The summed E-state index contributed by atoms with van der Waals surface area (Å²) in [4.78, 5) is 11.3. The van der Waals surface area contributed by atoms with E-state index in [1.807, 2.05) is 30.3 Å². The van der Waals surface area contributed by atoms with Gasteiger partial charge >= 0.3 is 16.9 Å². The molecule has 9 nitrogen and oxygen atoms in total. The molecule has 0 bridgehead atoms. The first kappa shape index (κ1) is 20.1. The number of ether oxygens (including phenoxy) is 2. The summed E-state index contributed by atoms with van der Waals surface area (Å²) in [5.41, 5.74) is 0.832. The van der Waals surface area contributed by atoms with Crippen molar-refractivity contribution in [1.29, 1.82) is 0 Å². The van der Waals surface area contributed by atoms with Gasteiger partial charge in [-0.3, -0.25) is 4.63 Å². The second-order valence-corrected chi connectivity index (χ2v) is 7.48. The highest BCUT2D eigenvalue weighted by Gasteiger charge is 2.35. The highest BCUT2D eigenvalue weighted by Crippen LogP contribution is 2.24. The summed E-state index contributed by atoms with van der Waals surface area (Å²) < 4.78 is 39.7. The molecule has 0 saturated heterocycles. The molecule has 150 valence electrons. The summed E-state index contributed by atoms with van der Waals surface area (Å²) >= 11 is 0. The highest BCUT2D eigenvalue weighted by atomic mass is 32.2. The molecule has 0 atom stereocenters. The molecule has 0 radical (unpaired) electrons. The van der Waals surface area contributed by atoms with Crippen LogP contribution in [0.25, 0.3) is 6.08 Å². The van der Waals surface area contributed by atoms with Gasteiger partial charge in [-0.25, -0.2) is 13.2 Å². The van der Waals surface area contributed by atoms with Gasteiger partial charge in [0.15, 0.2) is 0 Å². The van der Waals surface area contributed by atoms with Gasteiger partial charge in [0.2, 0.25) is 0 Å². The van der Waals surface area contributed by atoms with Gasteiger partial charge in [0.05, 0.1) is 10.1 Å². The SMILES string of the molecule is O=C(/C=C/c1ccccc1)OCCOc1no[n+]([O-])c1S(=O)(=O)c1ccccc1. The molecule has 0 N–H and O–H groups in total. The van der Waals surface area contributed by atoms with Crippen molar-refractivity contribution in [2.45, 2.75) is 9.92 Å². The van der Waals surface area contributed by atoms with Crippen LogP contribution >= 0.6 is 0 Å². The molecule has 0 fully saturated rings. The minimum Gasteiger partial charge on any atom is -0.459 e. The van der Waals surface area contributed by atoms with Crippen molar-refractivity contribution in [2.75, 3.05) is 13.2 Å². The van der Waals surface area contributed by atoms with Crippen molar-refractivity contribution in [1.82, 2.24) is 5.16 Å². The van der Waals surface area contributed by atoms with Gasteiger partial charge in [0.25, 0.3) is 9.84 Å². The number of aromatic nitrogens is 2. The van der Waals surface area contributed by atoms with Crippen LogP contribution in [-0.4, -0.2) is 32.8 Å². The standard InChI is InChI=1S/C19H16N2O7S/c22-17(12-11-15-7-3-1-4-8-15)26-13-14-27-18-19(21(23)28-20-18)29(24,25)16-9-5-2-6-10-16/h1-12H,13-14H2/b12-11+. The number of hydrogen-bond donors (Lipinski definition) is 0. The maximum atomic E-state index is 12.6. The van der Waals surface area contributed by atoms with Crippen molar-refractivity contribution < 1.29 is 32.2 Å². The molecule has 29 heavy (non-hydrogen) atoms. The van der Waals surface area contributed by atoms with Crippen LogP contribution in [0.1, 0.15) is 5.56 Å². The predicted molar refractivity (Wildman–Crippen MR) is 99.3 cm³/mol. The van der Waals surface area contributed by atoms with Crippen molar-refractivity contribution >= 4 is 21.9 Å². The van der Waals surface area contributed by atoms with Crippen LogP contribution in [0.5, 0.6) is 5.88 Å². The second-order valence-electron chi connectivity index (χ2n) is 5.62. The van der Waals surface area contributed by atoms with E-state index in [9.17, 15) is 18.4 Å². The molecule has 0 aliphatic heterocycles. The lowest BCUT2D eigenvalue weighted by Crippen LogP contribution is -2.31. The van der Waals surface area contributed by atoms with E-state index in [0.717, 1.165) is 5.56 Å². The van der Waals surface area contributed by atoms with Crippen LogP contribution in [0, 0.1) is 5.21 Å². The van der Waals surface area contributed by atoms with Gasteiger partial charge in [-0.15, -0.1) is 0 Å². The molecule has 0 aliphatic carbocycles. The molecule has 0 unspecified atom stereocenters. The Morgan fingerprint density at radius 2 is 1.72 bits per heavy atom. The van der Waals surface area contributed by atoms with E-state index in [0.29, 0.717) is 0 Å². The lowest BCUT2D eigenvalue weighted by Gasteiger charge is -2.04. The average Bonchev–Trinajstić information content (AvgIpc) is 3.12. The van der Waals surface area contributed by atoms with Crippen molar-refractivity contribution in [3.05, 3.63) is 77.5 Å². The van der Waals surface area contributed by atoms with Crippen LogP contribution in [-0.2, 0) is 19.4 Å². The number of benzene rings is 2. The molecule has 0 spiro atoms. The summed E-state index contributed by atoms with van der Waals surface area (Å²) in [6, 6.07) is 16.5. The third-order valence-electron chi connectivity index (χ3n) is 3.63. The molecular weight excluding hydrogens is 400 g/mol. The van der Waals surface area contributed by atoms with Gasteiger partial charge in [-0.1, -0.05) is 48.5 Å². The number of nitrogens with zero attached hydrogens (tertiary/aromatic N) is 2. The number of carbonyl (C=O) groups is 1. The van der Waals surface area contributed by atoms with E-state index in [1.165, 1.54) is 30.3 Å². The largest absolute Gasteiger partial charge is 0.459 e. The fourth-order valence-corrected chi connectivity index (χ4v) is 3.59. The zero-order chi connectivity index (χ0) is 20.7. The molecule has 0 aliphatic rings. The summed E-state index contributed by atoms with van der Waals surface area (Å²) in [7, 11) is -4.20. The van der Waals surface area contributed by atoms with E-state index in [4.69, 9.17) is 9.47 Å². The molecule has 2 aromatic carbocycles. The summed E-state index contributed by atoms with van der Waals surface area (Å²) in [5, 5.41) is 14.3. The number of hydrogen-bond acceptors (Lipinski definition) is 8. The van der Waals surface area contributed by atoms with Crippen molar-refractivity contribution in [2.24, 2.45) is 0 Å². The zero-order valence-corrected chi connectivity index (χ0v) is 15.8. The second kappa shape index (κ2) is 9.02. The van der Waals surface area contributed by atoms with E-state index in [2.05, 4.69) is 9.79 Å². The molecule has 3 rings (SSSR count). The number of sulfone groups is 1. The molecule has 3 aromatic rings. The summed E-state index contributed by atoms with van der Waals surface area (Å²) in [6.45, 7) is -0.413. The first-order valence-electron chi connectivity index (χ1n) is 8.41. The molecular formula is C19H16N2O7S. The first-order valence-corrected chi connectivity index (χ1v) is 9.89. The van der Waals surface area contributed by atoms with Gasteiger partial charge in [0.1, 0.15) is 13.2 Å². The van der Waals surface area contributed by atoms with Crippen molar-refractivity contribution in [3.8, 4) is 5.88 Å².